The summed E-state index contributed by atoms with van der Waals surface area (Å²) < 4.78 is 74.1. The first kappa shape index (κ1) is 23.1. The van der Waals surface area contributed by atoms with Crippen molar-refractivity contribution >= 4 is 20.9 Å². The van der Waals surface area contributed by atoms with E-state index in [0.29, 0.717) is 16.7 Å². The first-order valence-electron chi connectivity index (χ1n) is 10.2. The molecule has 0 spiro atoms. The third kappa shape index (κ3) is 4.05. The lowest BCUT2D eigenvalue weighted by Crippen LogP contribution is -2.43. The minimum atomic E-state index is -4.76. The Balaban J connectivity index is 1.99. The van der Waals surface area contributed by atoms with E-state index >= 15 is 0 Å². The first-order valence-corrected chi connectivity index (χ1v) is 11.7. The molecule has 174 valence electrons. The largest absolute Gasteiger partial charge is 0.497 e. The highest BCUT2D eigenvalue weighted by Crippen LogP contribution is 2.44. The summed E-state index contributed by atoms with van der Waals surface area (Å²) in [5.74, 6) is 0.561. The van der Waals surface area contributed by atoms with Gasteiger partial charge in [-0.15, -0.1) is 0 Å². The lowest BCUT2D eigenvalue weighted by atomic mass is 9.92. The summed E-state index contributed by atoms with van der Waals surface area (Å²) in [6.45, 7) is 0.728. The molecule has 1 aliphatic rings. The van der Waals surface area contributed by atoms with Crippen molar-refractivity contribution in [3.63, 3.8) is 0 Å². The number of alkyl halides is 3. The quantitative estimate of drug-likeness (QED) is 0.561. The van der Waals surface area contributed by atoms with E-state index in [0.717, 1.165) is 26.2 Å². The molecule has 11 heteroatoms. The Morgan fingerprint density at radius 3 is 2.61 bits per heavy atom. The van der Waals surface area contributed by atoms with Crippen molar-refractivity contribution in [3.05, 3.63) is 42.1 Å². The van der Waals surface area contributed by atoms with E-state index in [-0.39, 0.29) is 23.0 Å². The Hall–Kier alpha value is -3.10. The third-order valence-electron chi connectivity index (χ3n) is 5.87. The molecule has 1 fully saturated rings. The summed E-state index contributed by atoms with van der Waals surface area (Å²) in [5, 5.41) is 10.6. The number of pyridine rings is 1. The molecule has 4 rings (SSSR count). The maximum absolute atomic E-state index is 13.1. The van der Waals surface area contributed by atoms with Gasteiger partial charge in [-0.05, 0) is 50.5 Å². The van der Waals surface area contributed by atoms with Crippen molar-refractivity contribution in [2.45, 2.75) is 49.3 Å². The van der Waals surface area contributed by atoms with E-state index in [1.807, 2.05) is 4.57 Å². The molecular formula is C22H21F3N4O3S. The van der Waals surface area contributed by atoms with Gasteiger partial charge < -0.3 is 9.30 Å². The van der Waals surface area contributed by atoms with Crippen LogP contribution in [-0.2, 0) is 10.0 Å². The Morgan fingerprint density at radius 1 is 1.30 bits per heavy atom. The normalized spacial score (nSPS) is 15.8. The zero-order valence-electron chi connectivity index (χ0n) is 17.8. The highest BCUT2D eigenvalue weighted by molar-refractivity contribution is 7.89. The number of sulfonamides is 1. The number of aromatic nitrogens is 2. The number of ether oxygens (including phenoxy) is 1. The van der Waals surface area contributed by atoms with E-state index < -0.39 is 27.1 Å². The summed E-state index contributed by atoms with van der Waals surface area (Å²) in [7, 11) is -3.09. The van der Waals surface area contributed by atoms with Gasteiger partial charge in [0.05, 0.1) is 23.9 Å². The van der Waals surface area contributed by atoms with Gasteiger partial charge in [0.1, 0.15) is 28.4 Å². The summed E-state index contributed by atoms with van der Waals surface area (Å²) in [4.78, 5) is 3.81. The van der Waals surface area contributed by atoms with Gasteiger partial charge in [0.25, 0.3) is 0 Å². The first-order chi connectivity index (χ1) is 15.6. The van der Waals surface area contributed by atoms with Crippen LogP contribution in [0.5, 0.6) is 5.75 Å². The Bertz CT molecular complexity index is 1360. The second kappa shape index (κ2) is 8.35. The molecule has 1 atom stereocenters. The van der Waals surface area contributed by atoms with Gasteiger partial charge in [-0.2, -0.15) is 23.2 Å². The maximum Gasteiger partial charge on any atom is 0.404 e. The fourth-order valence-electron chi connectivity index (χ4n) is 3.94. The summed E-state index contributed by atoms with van der Waals surface area (Å²) >= 11 is 0. The predicted molar refractivity (Wildman–Crippen MR) is 115 cm³/mol. The fraction of sp³-hybridized carbons (Fsp3) is 0.364. The molecule has 0 radical (unpaired) electrons. The van der Waals surface area contributed by atoms with Gasteiger partial charge in [0, 0.05) is 23.7 Å². The number of halogens is 3. The van der Waals surface area contributed by atoms with E-state index in [1.54, 1.807) is 22.9 Å². The van der Waals surface area contributed by atoms with E-state index in [4.69, 9.17) is 4.74 Å². The van der Waals surface area contributed by atoms with Crippen molar-refractivity contribution in [1.29, 1.82) is 5.26 Å². The van der Waals surface area contributed by atoms with Gasteiger partial charge in [0.15, 0.2) is 0 Å². The molecule has 7 nitrogen and oxygen atoms in total. The number of nitrogens with one attached hydrogen (secondary N) is 1. The Labute approximate surface area is 188 Å². The number of nitriles is 1. The summed E-state index contributed by atoms with van der Waals surface area (Å²) in [6.07, 6.45) is -0.807. The molecule has 1 aromatic carbocycles. The molecule has 3 aromatic rings. The highest BCUT2D eigenvalue weighted by Gasteiger charge is 2.40. The molecule has 0 amide bonds. The standard InChI is InChI=1S/C22H21F3N4O3S/c1-13(22(23,24)25)28-33(30,31)19-7-4-10-27-20(19)21-17(12-26)16-9-8-15(32-2)11-18(16)29(21)14-5-3-6-14/h4,7-11,13-14,28H,3,5-6H2,1-2H3/t13-/m0/s1. The van der Waals surface area contributed by atoms with Crippen LogP contribution in [0.25, 0.3) is 22.3 Å². The van der Waals surface area contributed by atoms with Gasteiger partial charge in [-0.3, -0.25) is 4.98 Å². The average Bonchev–Trinajstić information content (AvgIpc) is 3.04. The van der Waals surface area contributed by atoms with E-state index in [2.05, 4.69) is 11.1 Å². The molecule has 33 heavy (non-hydrogen) atoms. The number of benzene rings is 1. The molecular weight excluding hydrogens is 457 g/mol. The minimum Gasteiger partial charge on any atom is -0.497 e. The molecule has 2 heterocycles. The summed E-state index contributed by atoms with van der Waals surface area (Å²) in [5.41, 5.74) is 1.08. The number of rotatable bonds is 6. The van der Waals surface area contributed by atoms with Crippen LogP contribution in [0.3, 0.4) is 0 Å². The monoisotopic (exact) mass is 478 g/mol. The van der Waals surface area contributed by atoms with Gasteiger partial charge in [0.2, 0.25) is 10.0 Å². The van der Waals surface area contributed by atoms with Crippen LogP contribution in [0.1, 0.15) is 37.8 Å². The summed E-state index contributed by atoms with van der Waals surface area (Å²) in [6, 6.07) is 7.54. The second-order valence-corrected chi connectivity index (χ2v) is 9.59. The lowest BCUT2D eigenvalue weighted by molar-refractivity contribution is -0.147. The number of fused-ring (bicyclic) bond motifs is 1. The van der Waals surface area contributed by atoms with Crippen LogP contribution in [0.4, 0.5) is 13.2 Å². The number of nitrogens with zero attached hydrogens (tertiary/aromatic N) is 3. The smallest absolute Gasteiger partial charge is 0.404 e. The molecule has 0 bridgehead atoms. The zero-order chi connectivity index (χ0) is 24.0. The molecule has 2 aromatic heterocycles. The van der Waals surface area contributed by atoms with Crippen molar-refractivity contribution < 1.29 is 26.3 Å². The van der Waals surface area contributed by atoms with Crippen LogP contribution in [-0.4, -0.2) is 37.3 Å². The van der Waals surface area contributed by atoms with Gasteiger partial charge in [-0.25, -0.2) is 8.42 Å². The zero-order valence-corrected chi connectivity index (χ0v) is 18.7. The van der Waals surface area contributed by atoms with Crippen molar-refractivity contribution in [2.75, 3.05) is 7.11 Å². The van der Waals surface area contributed by atoms with Crippen LogP contribution < -0.4 is 9.46 Å². The van der Waals surface area contributed by atoms with Crippen LogP contribution in [0.2, 0.25) is 0 Å². The molecule has 1 saturated carbocycles. The van der Waals surface area contributed by atoms with Crippen molar-refractivity contribution in [2.24, 2.45) is 0 Å². The number of hydrogen-bond acceptors (Lipinski definition) is 5. The minimum absolute atomic E-state index is 0.00340. The van der Waals surface area contributed by atoms with Crippen LogP contribution >= 0.6 is 0 Å². The van der Waals surface area contributed by atoms with E-state index in [9.17, 15) is 26.9 Å². The molecule has 1 aliphatic carbocycles. The van der Waals surface area contributed by atoms with Gasteiger partial charge >= 0.3 is 6.18 Å². The maximum atomic E-state index is 13.1. The Kier molecular flexibility index (Phi) is 5.84. The molecule has 0 aliphatic heterocycles. The third-order valence-corrected chi connectivity index (χ3v) is 7.44. The molecule has 0 saturated heterocycles. The van der Waals surface area contributed by atoms with Crippen molar-refractivity contribution in [3.8, 4) is 23.2 Å². The fourth-order valence-corrected chi connectivity index (χ4v) is 5.32. The molecule has 1 N–H and O–H groups in total. The molecule has 0 unspecified atom stereocenters. The number of methoxy groups -OCH3 is 1. The highest BCUT2D eigenvalue weighted by atomic mass is 32.2. The van der Waals surface area contributed by atoms with Gasteiger partial charge in [-0.1, -0.05) is 0 Å². The van der Waals surface area contributed by atoms with Crippen molar-refractivity contribution in [1.82, 2.24) is 14.3 Å². The van der Waals surface area contributed by atoms with Crippen LogP contribution in [0.15, 0.2) is 41.4 Å². The predicted octanol–water partition coefficient (Wildman–Crippen LogP) is 4.54. The van der Waals surface area contributed by atoms with Crippen LogP contribution in [0, 0.1) is 11.3 Å². The average molecular weight is 478 g/mol. The number of hydrogen-bond donors (Lipinski definition) is 1. The van der Waals surface area contributed by atoms with E-state index in [1.165, 1.54) is 25.4 Å². The topological polar surface area (TPSA) is 97.0 Å². The second-order valence-electron chi connectivity index (χ2n) is 7.91. The lowest BCUT2D eigenvalue weighted by Gasteiger charge is -2.30. The Morgan fingerprint density at radius 2 is 2.03 bits per heavy atom. The SMILES string of the molecule is COc1ccc2c(C#N)c(-c3ncccc3S(=O)(=O)N[C@@H](C)C(F)(F)F)n(C3CCC3)c2c1.